The number of hydrogen-bond acceptors (Lipinski definition) is 4. The quantitative estimate of drug-likeness (QED) is 0.768. The first kappa shape index (κ1) is 8.56. The summed E-state index contributed by atoms with van der Waals surface area (Å²) < 4.78 is 10.4. The minimum atomic E-state index is 0.604. The van der Waals surface area contributed by atoms with Crippen molar-refractivity contribution >= 4 is 6.01 Å². The van der Waals surface area contributed by atoms with Crippen LogP contribution in [0.2, 0.25) is 0 Å². The third kappa shape index (κ3) is 2.21. The number of ether oxygens (including phenoxy) is 1. The average molecular weight is 182 g/mol. The van der Waals surface area contributed by atoms with E-state index < -0.39 is 0 Å². The van der Waals surface area contributed by atoms with Crippen LogP contribution in [0.5, 0.6) is 0 Å². The Morgan fingerprint density at radius 2 is 2.62 bits per heavy atom. The Kier molecular flexibility index (Phi) is 2.49. The lowest BCUT2D eigenvalue weighted by Crippen LogP contribution is -2.14. The molecule has 4 nitrogen and oxygen atoms in total. The van der Waals surface area contributed by atoms with Crippen molar-refractivity contribution in [1.29, 1.82) is 0 Å². The second kappa shape index (κ2) is 3.79. The molecule has 0 spiro atoms. The Morgan fingerprint density at radius 3 is 3.23 bits per heavy atom. The van der Waals surface area contributed by atoms with Crippen LogP contribution in [-0.2, 0) is 4.74 Å². The van der Waals surface area contributed by atoms with Gasteiger partial charge in [0.15, 0.2) is 0 Å². The summed E-state index contributed by atoms with van der Waals surface area (Å²) in [6.45, 7) is 4.54. The smallest absolute Gasteiger partial charge is 0.294 e. The molecular weight excluding hydrogens is 168 g/mol. The standard InChI is InChI=1S/C9H14N2O2/c1-7-5-13-9(11-7)10-4-8-2-3-12-6-8/h5,8H,2-4,6H2,1H3,(H,10,11). The maximum atomic E-state index is 5.26. The van der Waals surface area contributed by atoms with E-state index in [-0.39, 0.29) is 0 Å². The molecule has 13 heavy (non-hydrogen) atoms. The van der Waals surface area contributed by atoms with Crippen molar-refractivity contribution in [3.63, 3.8) is 0 Å². The van der Waals surface area contributed by atoms with Gasteiger partial charge in [0.05, 0.1) is 12.3 Å². The van der Waals surface area contributed by atoms with Crippen molar-refractivity contribution in [2.45, 2.75) is 13.3 Å². The number of hydrogen-bond donors (Lipinski definition) is 1. The van der Waals surface area contributed by atoms with Crippen molar-refractivity contribution in [1.82, 2.24) is 4.98 Å². The second-order valence-corrected chi connectivity index (χ2v) is 3.40. The zero-order chi connectivity index (χ0) is 9.10. The molecule has 0 saturated carbocycles. The van der Waals surface area contributed by atoms with Gasteiger partial charge in [0.25, 0.3) is 6.01 Å². The van der Waals surface area contributed by atoms with Gasteiger partial charge in [-0.3, -0.25) is 0 Å². The minimum Gasteiger partial charge on any atom is -0.432 e. The van der Waals surface area contributed by atoms with Gasteiger partial charge >= 0.3 is 0 Å². The number of aromatic nitrogens is 1. The fourth-order valence-electron chi connectivity index (χ4n) is 1.41. The highest BCUT2D eigenvalue weighted by Crippen LogP contribution is 2.13. The van der Waals surface area contributed by atoms with Gasteiger partial charge in [-0.15, -0.1) is 0 Å². The molecule has 1 aliphatic rings. The third-order valence-electron chi connectivity index (χ3n) is 2.18. The van der Waals surface area contributed by atoms with Crippen molar-refractivity contribution in [2.24, 2.45) is 5.92 Å². The number of anilines is 1. The van der Waals surface area contributed by atoms with E-state index in [1.54, 1.807) is 6.26 Å². The van der Waals surface area contributed by atoms with E-state index in [0.717, 1.165) is 31.9 Å². The fourth-order valence-corrected chi connectivity index (χ4v) is 1.41. The molecule has 2 heterocycles. The van der Waals surface area contributed by atoms with Crippen LogP contribution in [0.25, 0.3) is 0 Å². The van der Waals surface area contributed by atoms with E-state index in [0.29, 0.717) is 11.9 Å². The molecular formula is C9H14N2O2. The van der Waals surface area contributed by atoms with Crippen LogP contribution >= 0.6 is 0 Å². The topological polar surface area (TPSA) is 47.3 Å². The molecule has 0 radical (unpaired) electrons. The molecule has 1 aliphatic heterocycles. The Morgan fingerprint density at radius 1 is 1.69 bits per heavy atom. The van der Waals surface area contributed by atoms with Gasteiger partial charge in [0.1, 0.15) is 6.26 Å². The SMILES string of the molecule is Cc1coc(NCC2CCOC2)n1. The molecule has 1 saturated heterocycles. The minimum absolute atomic E-state index is 0.604. The highest BCUT2D eigenvalue weighted by Gasteiger charge is 2.15. The lowest BCUT2D eigenvalue weighted by atomic mass is 10.1. The molecule has 0 amide bonds. The maximum Gasteiger partial charge on any atom is 0.294 e. The molecule has 0 aliphatic carbocycles. The Bertz CT molecular complexity index is 266. The van der Waals surface area contributed by atoms with Crippen LogP contribution in [0.15, 0.2) is 10.7 Å². The van der Waals surface area contributed by atoms with E-state index in [4.69, 9.17) is 9.15 Å². The van der Waals surface area contributed by atoms with E-state index in [1.807, 2.05) is 6.92 Å². The molecule has 72 valence electrons. The van der Waals surface area contributed by atoms with Gasteiger partial charge in [0, 0.05) is 19.1 Å². The lowest BCUT2D eigenvalue weighted by Gasteiger charge is -2.06. The first-order chi connectivity index (χ1) is 6.34. The van der Waals surface area contributed by atoms with Gasteiger partial charge in [-0.25, -0.2) is 0 Å². The van der Waals surface area contributed by atoms with Crippen LogP contribution in [0.1, 0.15) is 12.1 Å². The van der Waals surface area contributed by atoms with Crippen LogP contribution in [-0.4, -0.2) is 24.7 Å². The van der Waals surface area contributed by atoms with Crippen LogP contribution < -0.4 is 5.32 Å². The Labute approximate surface area is 77.3 Å². The van der Waals surface area contributed by atoms with Gasteiger partial charge in [0.2, 0.25) is 0 Å². The predicted octanol–water partition coefficient (Wildman–Crippen LogP) is 1.43. The van der Waals surface area contributed by atoms with E-state index in [1.165, 1.54) is 0 Å². The van der Waals surface area contributed by atoms with E-state index in [9.17, 15) is 0 Å². The zero-order valence-corrected chi connectivity index (χ0v) is 7.75. The highest BCUT2D eigenvalue weighted by atomic mass is 16.5. The van der Waals surface area contributed by atoms with Gasteiger partial charge in [-0.1, -0.05) is 0 Å². The molecule has 1 N–H and O–H groups in total. The third-order valence-corrected chi connectivity index (χ3v) is 2.18. The van der Waals surface area contributed by atoms with Crippen molar-refractivity contribution in [3.05, 3.63) is 12.0 Å². The van der Waals surface area contributed by atoms with Crippen molar-refractivity contribution in [2.75, 3.05) is 25.1 Å². The second-order valence-electron chi connectivity index (χ2n) is 3.40. The molecule has 4 heteroatoms. The number of nitrogens with one attached hydrogen (secondary N) is 1. The molecule has 1 aromatic rings. The van der Waals surface area contributed by atoms with Gasteiger partial charge < -0.3 is 14.5 Å². The normalized spacial score (nSPS) is 22.1. The maximum absolute atomic E-state index is 5.26. The van der Waals surface area contributed by atoms with E-state index in [2.05, 4.69) is 10.3 Å². The van der Waals surface area contributed by atoms with Gasteiger partial charge in [-0.05, 0) is 13.3 Å². The summed E-state index contributed by atoms with van der Waals surface area (Å²) in [7, 11) is 0. The largest absolute Gasteiger partial charge is 0.432 e. The first-order valence-corrected chi connectivity index (χ1v) is 4.58. The van der Waals surface area contributed by atoms with Crippen LogP contribution in [0.3, 0.4) is 0 Å². The molecule has 0 bridgehead atoms. The van der Waals surface area contributed by atoms with Gasteiger partial charge in [-0.2, -0.15) is 4.98 Å². The van der Waals surface area contributed by atoms with E-state index >= 15 is 0 Å². The highest BCUT2D eigenvalue weighted by molar-refractivity contribution is 5.20. The summed E-state index contributed by atoms with van der Waals surface area (Å²) in [5.74, 6) is 0.604. The molecule has 2 rings (SSSR count). The summed E-state index contributed by atoms with van der Waals surface area (Å²) in [6, 6.07) is 0.615. The molecule has 1 fully saturated rings. The average Bonchev–Trinajstić information content (AvgIpc) is 2.71. The first-order valence-electron chi connectivity index (χ1n) is 4.58. The predicted molar refractivity (Wildman–Crippen MR) is 48.7 cm³/mol. The molecule has 0 aromatic carbocycles. The monoisotopic (exact) mass is 182 g/mol. The summed E-state index contributed by atoms with van der Waals surface area (Å²) in [6.07, 6.45) is 2.78. The van der Waals surface area contributed by atoms with Crippen molar-refractivity contribution < 1.29 is 9.15 Å². The van der Waals surface area contributed by atoms with Crippen LogP contribution in [0.4, 0.5) is 6.01 Å². The Balaban J connectivity index is 1.78. The lowest BCUT2D eigenvalue weighted by molar-refractivity contribution is 0.187. The number of rotatable bonds is 3. The van der Waals surface area contributed by atoms with Crippen molar-refractivity contribution in [3.8, 4) is 0 Å². The molecule has 1 atom stereocenters. The molecule has 1 aromatic heterocycles. The summed E-state index contributed by atoms with van der Waals surface area (Å²) in [4.78, 5) is 4.15. The fraction of sp³-hybridized carbons (Fsp3) is 0.667. The number of aryl methyl sites for hydroxylation is 1. The Hall–Kier alpha value is -1.03. The summed E-state index contributed by atoms with van der Waals surface area (Å²) in [5, 5.41) is 3.15. The number of oxazole rings is 1. The summed E-state index contributed by atoms with van der Waals surface area (Å²) in [5.41, 5.74) is 0.908. The zero-order valence-electron chi connectivity index (χ0n) is 7.75. The molecule has 1 unspecified atom stereocenters. The van der Waals surface area contributed by atoms with Crippen LogP contribution in [0, 0.1) is 12.8 Å². The summed E-state index contributed by atoms with van der Waals surface area (Å²) >= 11 is 0. The number of nitrogens with zero attached hydrogens (tertiary/aromatic N) is 1.